The summed E-state index contributed by atoms with van der Waals surface area (Å²) >= 11 is 5.03. The zero-order valence-corrected chi connectivity index (χ0v) is 15.3. The summed E-state index contributed by atoms with van der Waals surface area (Å²) in [6, 6.07) is 5.16. The predicted octanol–water partition coefficient (Wildman–Crippen LogP) is 2.46. The van der Waals surface area contributed by atoms with E-state index in [0.29, 0.717) is 30.3 Å². The monoisotopic (exact) mass is 372 g/mol. The van der Waals surface area contributed by atoms with E-state index in [9.17, 15) is 9.59 Å². The van der Waals surface area contributed by atoms with Crippen LogP contribution in [-0.2, 0) is 9.59 Å². The third-order valence-corrected chi connectivity index (χ3v) is 3.76. The second-order valence-electron chi connectivity index (χ2n) is 5.26. The van der Waals surface area contributed by atoms with Crippen LogP contribution in [0.5, 0.6) is 11.5 Å². The Morgan fingerprint density at radius 2 is 1.96 bits per heavy atom. The lowest BCUT2D eigenvalue weighted by atomic mass is 10.1. The van der Waals surface area contributed by atoms with Crippen molar-refractivity contribution in [3.8, 4) is 11.5 Å². The minimum atomic E-state index is -0.537. The molecule has 26 heavy (non-hydrogen) atoms. The summed E-state index contributed by atoms with van der Waals surface area (Å²) in [6.07, 6.45) is 4.67. The molecular weight excluding hydrogens is 352 g/mol. The van der Waals surface area contributed by atoms with Gasteiger partial charge in [0.2, 0.25) is 0 Å². The fraction of sp³-hybridized carbons (Fsp3) is 0.211. The molecule has 0 spiro atoms. The van der Waals surface area contributed by atoms with Gasteiger partial charge in [0.1, 0.15) is 12.2 Å². The Kier molecular flexibility index (Phi) is 6.68. The SMILES string of the molecule is C=CCOc1ccc(/C=C2\C(=O)NC(=S)N(CC=C)C2=O)cc1OCC. The van der Waals surface area contributed by atoms with Crippen LogP contribution in [0.25, 0.3) is 6.08 Å². The second kappa shape index (κ2) is 8.96. The molecule has 0 radical (unpaired) electrons. The number of hydrogen-bond donors (Lipinski definition) is 1. The molecule has 0 bridgehead atoms. The summed E-state index contributed by atoms with van der Waals surface area (Å²) in [6.45, 7) is 10.1. The van der Waals surface area contributed by atoms with Gasteiger partial charge >= 0.3 is 0 Å². The van der Waals surface area contributed by atoms with Gasteiger partial charge in [-0.3, -0.25) is 19.8 Å². The molecule has 0 aliphatic carbocycles. The van der Waals surface area contributed by atoms with Gasteiger partial charge in [-0.15, -0.1) is 6.58 Å². The van der Waals surface area contributed by atoms with Crippen molar-refractivity contribution in [2.45, 2.75) is 6.92 Å². The summed E-state index contributed by atoms with van der Waals surface area (Å²) in [5, 5.41) is 2.58. The van der Waals surface area contributed by atoms with E-state index in [1.807, 2.05) is 6.92 Å². The van der Waals surface area contributed by atoms with Crippen LogP contribution in [0.3, 0.4) is 0 Å². The van der Waals surface area contributed by atoms with E-state index in [4.69, 9.17) is 21.7 Å². The summed E-state index contributed by atoms with van der Waals surface area (Å²) in [5.41, 5.74) is 0.618. The van der Waals surface area contributed by atoms with Crippen LogP contribution >= 0.6 is 12.2 Å². The van der Waals surface area contributed by atoms with Crippen LogP contribution in [0.15, 0.2) is 49.1 Å². The van der Waals surface area contributed by atoms with Gasteiger partial charge < -0.3 is 9.47 Å². The summed E-state index contributed by atoms with van der Waals surface area (Å²) in [4.78, 5) is 26.0. The number of carbonyl (C=O) groups is 2. The molecule has 2 rings (SSSR count). The topological polar surface area (TPSA) is 67.9 Å². The number of benzene rings is 1. The Hall–Kier alpha value is -2.93. The highest BCUT2D eigenvalue weighted by Gasteiger charge is 2.32. The van der Waals surface area contributed by atoms with Gasteiger partial charge in [-0.2, -0.15) is 0 Å². The van der Waals surface area contributed by atoms with Crippen molar-refractivity contribution >= 4 is 35.2 Å². The van der Waals surface area contributed by atoms with E-state index in [0.717, 1.165) is 0 Å². The maximum absolute atomic E-state index is 12.6. The fourth-order valence-electron chi connectivity index (χ4n) is 2.31. The lowest BCUT2D eigenvalue weighted by Gasteiger charge is -2.27. The number of rotatable bonds is 8. The van der Waals surface area contributed by atoms with Crippen LogP contribution in [-0.4, -0.2) is 41.6 Å². The molecule has 1 aromatic rings. The van der Waals surface area contributed by atoms with Gasteiger partial charge in [0.25, 0.3) is 11.8 Å². The average Bonchev–Trinajstić information content (AvgIpc) is 2.61. The normalized spacial score (nSPS) is 15.7. The molecule has 6 nitrogen and oxygen atoms in total. The number of hydrogen-bond acceptors (Lipinski definition) is 5. The van der Waals surface area contributed by atoms with Crippen molar-refractivity contribution in [1.29, 1.82) is 0 Å². The van der Waals surface area contributed by atoms with E-state index in [2.05, 4.69) is 18.5 Å². The molecule has 2 amide bonds. The smallest absolute Gasteiger partial charge is 0.265 e. The maximum Gasteiger partial charge on any atom is 0.265 e. The first-order valence-corrected chi connectivity index (χ1v) is 8.43. The zero-order chi connectivity index (χ0) is 19.1. The highest BCUT2D eigenvalue weighted by Crippen LogP contribution is 2.29. The zero-order valence-electron chi connectivity index (χ0n) is 14.5. The third-order valence-electron chi connectivity index (χ3n) is 3.43. The van der Waals surface area contributed by atoms with Crippen LogP contribution in [0.4, 0.5) is 0 Å². The number of nitrogens with zero attached hydrogens (tertiary/aromatic N) is 1. The molecule has 1 saturated heterocycles. The van der Waals surface area contributed by atoms with E-state index >= 15 is 0 Å². The molecule has 0 unspecified atom stereocenters. The van der Waals surface area contributed by atoms with Crippen molar-refractivity contribution in [1.82, 2.24) is 10.2 Å². The first-order chi connectivity index (χ1) is 12.5. The van der Waals surface area contributed by atoms with Crippen molar-refractivity contribution in [2.24, 2.45) is 0 Å². The summed E-state index contributed by atoms with van der Waals surface area (Å²) in [5.74, 6) is 0.0717. The number of thiocarbonyl (C=S) groups is 1. The first-order valence-electron chi connectivity index (χ1n) is 8.02. The highest BCUT2D eigenvalue weighted by atomic mass is 32.1. The predicted molar refractivity (Wildman–Crippen MR) is 104 cm³/mol. The Labute approximate surface area is 157 Å². The lowest BCUT2D eigenvalue weighted by Crippen LogP contribution is -2.53. The Bertz CT molecular complexity index is 786. The number of nitrogens with one attached hydrogen (secondary N) is 1. The average molecular weight is 372 g/mol. The van der Waals surface area contributed by atoms with Crippen molar-refractivity contribution < 1.29 is 19.1 Å². The number of ether oxygens (including phenoxy) is 2. The van der Waals surface area contributed by atoms with E-state index in [-0.39, 0.29) is 17.2 Å². The Morgan fingerprint density at radius 1 is 1.19 bits per heavy atom. The Balaban J connectivity index is 2.37. The summed E-state index contributed by atoms with van der Waals surface area (Å²) in [7, 11) is 0. The lowest BCUT2D eigenvalue weighted by molar-refractivity contribution is -0.128. The molecule has 1 heterocycles. The van der Waals surface area contributed by atoms with Gasteiger partial charge in [0.05, 0.1) is 6.61 Å². The number of amides is 2. The summed E-state index contributed by atoms with van der Waals surface area (Å²) < 4.78 is 11.1. The van der Waals surface area contributed by atoms with E-state index in [1.54, 1.807) is 24.3 Å². The van der Waals surface area contributed by atoms with Crippen LogP contribution < -0.4 is 14.8 Å². The van der Waals surface area contributed by atoms with Gasteiger partial charge in [-0.25, -0.2) is 0 Å². The van der Waals surface area contributed by atoms with Gasteiger partial charge in [-0.05, 0) is 42.9 Å². The van der Waals surface area contributed by atoms with Crippen molar-refractivity contribution in [3.63, 3.8) is 0 Å². The molecule has 0 aromatic heterocycles. The minimum absolute atomic E-state index is 0.0114. The molecule has 1 aliphatic heterocycles. The fourth-order valence-corrected chi connectivity index (χ4v) is 2.56. The molecule has 1 aliphatic rings. The molecule has 0 saturated carbocycles. The standard InChI is InChI=1S/C19H20N2O4S/c1-4-9-21-18(23)14(17(22)20-19(21)26)11-13-7-8-15(25-10-5-2)16(12-13)24-6-3/h4-5,7-8,11-12H,1-2,6,9-10H2,3H3,(H,20,22,26)/b14-11+. The molecule has 0 atom stereocenters. The first kappa shape index (κ1) is 19.4. The number of carbonyl (C=O) groups excluding carboxylic acids is 2. The van der Waals surface area contributed by atoms with E-state index in [1.165, 1.54) is 17.1 Å². The molecule has 1 fully saturated rings. The minimum Gasteiger partial charge on any atom is -0.490 e. The van der Waals surface area contributed by atoms with Crippen LogP contribution in [0.2, 0.25) is 0 Å². The molecule has 7 heteroatoms. The maximum atomic E-state index is 12.6. The van der Waals surface area contributed by atoms with Gasteiger partial charge in [0, 0.05) is 6.54 Å². The van der Waals surface area contributed by atoms with Crippen molar-refractivity contribution in [3.05, 3.63) is 54.6 Å². The van der Waals surface area contributed by atoms with Gasteiger partial charge in [0.15, 0.2) is 16.6 Å². The van der Waals surface area contributed by atoms with Crippen molar-refractivity contribution in [2.75, 3.05) is 19.8 Å². The Morgan fingerprint density at radius 3 is 2.62 bits per heavy atom. The quantitative estimate of drug-likeness (QED) is 0.329. The molecule has 1 aromatic carbocycles. The third kappa shape index (κ3) is 4.37. The highest BCUT2D eigenvalue weighted by molar-refractivity contribution is 7.80. The van der Waals surface area contributed by atoms with Crippen LogP contribution in [0, 0.1) is 0 Å². The molecule has 136 valence electrons. The molecular formula is C19H20N2O4S. The second-order valence-corrected chi connectivity index (χ2v) is 5.65. The molecule has 1 N–H and O–H groups in total. The van der Waals surface area contributed by atoms with E-state index < -0.39 is 11.8 Å². The van der Waals surface area contributed by atoms with Crippen LogP contribution in [0.1, 0.15) is 12.5 Å². The van der Waals surface area contributed by atoms with Gasteiger partial charge in [-0.1, -0.05) is 24.8 Å². The largest absolute Gasteiger partial charge is 0.490 e.